The van der Waals surface area contributed by atoms with Gasteiger partial charge in [0.15, 0.2) is 12.2 Å². The largest absolute Gasteiger partial charge is 0.460 e. The number of fused-ring (bicyclic) bond motifs is 5. The molecule has 1 saturated heterocycles. The first-order chi connectivity index (χ1) is 26.2. The molecule has 14 nitrogen and oxygen atoms in total. The zero-order valence-corrected chi connectivity index (χ0v) is 33.1. The van der Waals surface area contributed by atoms with E-state index in [0.717, 1.165) is 0 Å². The molecule has 12 unspecified atom stereocenters. The quantitative estimate of drug-likeness (QED) is 0.149. The van der Waals surface area contributed by atoms with Gasteiger partial charge in [0.25, 0.3) is 0 Å². The summed E-state index contributed by atoms with van der Waals surface area (Å²) in [4.78, 5) is 70.8. The number of hydrogen-bond donors (Lipinski definition) is 5. The first-order valence-electron chi connectivity index (χ1n) is 19.1. The van der Waals surface area contributed by atoms with Gasteiger partial charge in [0.2, 0.25) is 11.6 Å². The molecule has 3 aliphatic carbocycles. The summed E-state index contributed by atoms with van der Waals surface area (Å²) in [6.45, 7) is 11.4. The highest BCUT2D eigenvalue weighted by atomic mass is 16.6. The van der Waals surface area contributed by atoms with Gasteiger partial charge in [0.1, 0.15) is 17.3 Å². The molecule has 5 N–H and O–H groups in total. The molecule has 304 valence electrons. The number of carbonyl (C=O) groups is 5. The summed E-state index contributed by atoms with van der Waals surface area (Å²) in [6.07, 6.45) is -8.28. The van der Waals surface area contributed by atoms with E-state index >= 15 is 0 Å². The molecule has 3 saturated carbocycles. The van der Waals surface area contributed by atoms with Crippen molar-refractivity contribution in [3.05, 3.63) is 71.8 Å². The van der Waals surface area contributed by atoms with Crippen LogP contribution < -0.4 is 10.6 Å². The van der Waals surface area contributed by atoms with Crippen molar-refractivity contribution < 1.29 is 58.2 Å². The highest BCUT2D eigenvalue weighted by molar-refractivity contribution is 6.40. The minimum atomic E-state index is -2.23. The number of ketones is 2. The highest BCUT2D eigenvalue weighted by Crippen LogP contribution is 2.64. The number of esters is 2. The van der Waals surface area contributed by atoms with Crippen molar-refractivity contribution in [2.45, 2.75) is 115 Å². The van der Waals surface area contributed by atoms with Crippen LogP contribution >= 0.6 is 0 Å². The van der Waals surface area contributed by atoms with E-state index in [4.69, 9.17) is 18.9 Å². The van der Waals surface area contributed by atoms with Crippen LogP contribution in [0, 0.1) is 28.6 Å². The lowest BCUT2D eigenvalue weighted by molar-refractivity contribution is -0.305. The fraction of sp³-hybridized carbons (Fsp3) is 0.595. The van der Waals surface area contributed by atoms with Crippen LogP contribution in [0.25, 0.3) is 0 Å². The number of likely N-dealkylation sites (N-methyl/N-ethyl adjacent to an activating group) is 1. The Hall–Kier alpha value is -4.21. The Balaban J connectivity index is 1.45. The monoisotopic (exact) mass is 778 g/mol. The third kappa shape index (κ3) is 6.43. The van der Waals surface area contributed by atoms with Crippen molar-refractivity contribution in [1.82, 2.24) is 10.6 Å². The molecular formula is C42H54N2O12. The van der Waals surface area contributed by atoms with Crippen LogP contribution in [0.1, 0.15) is 83.3 Å². The molecule has 1 amide bonds. The minimum Gasteiger partial charge on any atom is -0.460 e. The van der Waals surface area contributed by atoms with Crippen LogP contribution in [0.3, 0.4) is 0 Å². The molecule has 0 radical (unpaired) electrons. The molecule has 4 aliphatic rings. The normalized spacial score (nSPS) is 35.9. The molecule has 1 heterocycles. The number of alkyl carbamates (subject to hydrolysis) is 1. The van der Waals surface area contributed by atoms with Crippen LogP contribution in [0.2, 0.25) is 0 Å². The second-order valence-corrected chi connectivity index (χ2v) is 17.5. The molecule has 56 heavy (non-hydrogen) atoms. The molecule has 14 heteroatoms. The van der Waals surface area contributed by atoms with Gasteiger partial charge >= 0.3 is 18.0 Å². The van der Waals surface area contributed by atoms with E-state index in [1.807, 2.05) is 0 Å². The van der Waals surface area contributed by atoms with Crippen molar-refractivity contribution >= 4 is 29.6 Å². The summed E-state index contributed by atoms with van der Waals surface area (Å²) in [5.74, 6) is -6.68. The number of rotatable bonds is 8. The number of ether oxygens (including phenoxy) is 4. The average Bonchev–Trinajstić information content (AvgIpc) is 3.13. The summed E-state index contributed by atoms with van der Waals surface area (Å²) >= 11 is 0. The number of amides is 1. The predicted octanol–water partition coefficient (Wildman–Crippen LogP) is 3.06. The summed E-state index contributed by atoms with van der Waals surface area (Å²) in [6, 6.07) is 15.0. The van der Waals surface area contributed by atoms with Crippen LogP contribution in [-0.2, 0) is 33.3 Å². The summed E-state index contributed by atoms with van der Waals surface area (Å²) in [5, 5.41) is 42.7. The molecule has 1 aliphatic heterocycles. The lowest BCUT2D eigenvalue weighted by Crippen LogP contribution is -2.87. The SMILES string of the molecule is CNC12C3COC3CC(O)C1(C)C(=O)C(=O)C1C(C)C(OC(=O)C(O)C(NC(=O)OC(C)(C)C)c3ccccc3)CC(O)(C2OC(=O)c2ccccc2)C1(C)C. The molecule has 0 spiro atoms. The van der Waals surface area contributed by atoms with Crippen molar-refractivity contribution in [3.63, 3.8) is 0 Å². The Labute approximate surface area is 326 Å². The molecular weight excluding hydrogens is 724 g/mol. The highest BCUT2D eigenvalue weighted by Gasteiger charge is 2.80. The van der Waals surface area contributed by atoms with Crippen LogP contribution in [0.4, 0.5) is 4.79 Å². The summed E-state index contributed by atoms with van der Waals surface area (Å²) in [5.41, 5.74) is -7.80. The number of carbonyl (C=O) groups excluding carboxylic acids is 5. The first-order valence-corrected chi connectivity index (χ1v) is 19.1. The van der Waals surface area contributed by atoms with Crippen LogP contribution in [-0.4, -0.2) is 106 Å². The van der Waals surface area contributed by atoms with Gasteiger partial charge < -0.3 is 44.9 Å². The minimum absolute atomic E-state index is 0.0308. The molecule has 4 fully saturated rings. The van der Waals surface area contributed by atoms with Gasteiger partial charge in [-0.25, -0.2) is 14.4 Å². The second-order valence-electron chi connectivity index (χ2n) is 17.5. The van der Waals surface area contributed by atoms with Gasteiger partial charge in [0.05, 0.1) is 41.4 Å². The predicted molar refractivity (Wildman–Crippen MR) is 200 cm³/mol. The molecule has 2 aromatic rings. The molecule has 2 aromatic carbocycles. The number of aliphatic hydroxyl groups excluding tert-OH is 2. The van der Waals surface area contributed by atoms with E-state index < -0.39 is 118 Å². The van der Waals surface area contributed by atoms with E-state index in [1.54, 1.807) is 90.1 Å². The van der Waals surface area contributed by atoms with Crippen molar-refractivity contribution in [2.24, 2.45) is 28.6 Å². The van der Waals surface area contributed by atoms with Gasteiger partial charge in [-0.05, 0) is 52.4 Å². The van der Waals surface area contributed by atoms with Crippen molar-refractivity contribution in [1.29, 1.82) is 0 Å². The van der Waals surface area contributed by atoms with E-state index in [9.17, 15) is 39.3 Å². The Kier molecular flexibility index (Phi) is 10.8. The molecule has 6 rings (SSSR count). The summed E-state index contributed by atoms with van der Waals surface area (Å²) < 4.78 is 23.7. The van der Waals surface area contributed by atoms with Gasteiger partial charge in [-0.2, -0.15) is 0 Å². The van der Waals surface area contributed by atoms with E-state index in [2.05, 4.69) is 10.6 Å². The third-order valence-corrected chi connectivity index (χ3v) is 13.2. The summed E-state index contributed by atoms with van der Waals surface area (Å²) in [7, 11) is 1.53. The van der Waals surface area contributed by atoms with Gasteiger partial charge in [-0.15, -0.1) is 0 Å². The zero-order valence-electron chi connectivity index (χ0n) is 33.1. The van der Waals surface area contributed by atoms with Crippen LogP contribution in [0.5, 0.6) is 0 Å². The van der Waals surface area contributed by atoms with E-state index in [1.165, 1.54) is 26.1 Å². The van der Waals surface area contributed by atoms with E-state index in [0.29, 0.717) is 5.56 Å². The third-order valence-electron chi connectivity index (χ3n) is 13.2. The molecule has 12 atom stereocenters. The van der Waals surface area contributed by atoms with Gasteiger partial charge in [0, 0.05) is 36.0 Å². The Bertz CT molecular complexity index is 1850. The Morgan fingerprint density at radius 1 is 0.964 bits per heavy atom. The Morgan fingerprint density at radius 2 is 1.57 bits per heavy atom. The molecule has 0 aromatic heterocycles. The standard InChI is InChI=1S/C42H54N2O12/c1-22-27(54-35(50)32(47)30(23-15-11-9-12-16-23)44-37(51)56-38(2,3)4)20-41(52)36(55-34(49)24-17-13-10-14-18-24)42(43-8)25-21-53-26(25)19-28(45)40(42,7)33(48)31(46)29(22)39(41,5)6/h9-18,22,25-30,32,36,43,45,47,52H,19-21H2,1-8H3,(H,44,51). The number of benzene rings is 2. The fourth-order valence-electron chi connectivity index (χ4n) is 10.0. The zero-order chi connectivity index (χ0) is 41.2. The topological polar surface area (TPSA) is 207 Å². The van der Waals surface area contributed by atoms with E-state index in [-0.39, 0.29) is 18.6 Å². The second kappa shape index (κ2) is 14.6. The van der Waals surface area contributed by atoms with Crippen molar-refractivity contribution in [3.8, 4) is 0 Å². The van der Waals surface area contributed by atoms with Crippen molar-refractivity contribution in [2.75, 3.05) is 13.7 Å². The number of hydrogen-bond acceptors (Lipinski definition) is 13. The number of aliphatic hydroxyl groups is 3. The maximum Gasteiger partial charge on any atom is 0.408 e. The number of Topliss-reactive ketones (excluding diaryl/α,β-unsaturated/α-hetero) is 2. The molecule has 2 bridgehead atoms. The Morgan fingerprint density at radius 3 is 2.12 bits per heavy atom. The lowest BCUT2D eigenvalue weighted by atomic mass is 9.40. The first kappa shape index (κ1) is 41.4. The smallest absolute Gasteiger partial charge is 0.408 e. The fourth-order valence-corrected chi connectivity index (χ4v) is 10.0. The van der Waals surface area contributed by atoms with Crippen LogP contribution in [0.15, 0.2) is 60.7 Å². The maximum atomic E-state index is 14.9. The van der Waals surface area contributed by atoms with Gasteiger partial charge in [-0.1, -0.05) is 69.3 Å². The van der Waals surface area contributed by atoms with Gasteiger partial charge in [-0.3, -0.25) is 9.59 Å². The maximum absolute atomic E-state index is 14.9. The lowest BCUT2D eigenvalue weighted by Gasteiger charge is -2.70. The average molecular weight is 779 g/mol. The number of nitrogens with one attached hydrogen (secondary N) is 2.